The van der Waals surface area contributed by atoms with Crippen molar-refractivity contribution in [2.75, 3.05) is 12.8 Å². The van der Waals surface area contributed by atoms with Gasteiger partial charge in [-0.15, -0.1) is 0 Å². The molecule has 1 aliphatic rings. The largest absolute Gasteiger partial charge is 0.334 e. The summed E-state index contributed by atoms with van der Waals surface area (Å²) >= 11 is 1.70. The molecular weight excluding hydrogens is 361 g/mol. The van der Waals surface area contributed by atoms with E-state index in [0.717, 1.165) is 47.6 Å². The standard InChI is InChI=1S/C21H22FN3OS/c1-27-14-20-23-17-5-2-3-6-19(17)25(20)13-21(26)24-12-4-7-18(24)15-8-10-16(22)11-9-15/h2-3,5-6,8-11,18H,4,7,12-14H2,1H3. The summed E-state index contributed by atoms with van der Waals surface area (Å²) in [6, 6.07) is 14.5. The Bertz CT molecular complexity index is 954. The Morgan fingerprint density at radius 3 is 2.78 bits per heavy atom. The van der Waals surface area contributed by atoms with Crippen LogP contribution < -0.4 is 0 Å². The van der Waals surface area contributed by atoms with Gasteiger partial charge in [0.25, 0.3) is 0 Å². The molecular formula is C21H22FN3OS. The van der Waals surface area contributed by atoms with Crippen molar-refractivity contribution in [3.8, 4) is 0 Å². The van der Waals surface area contributed by atoms with Crippen LogP contribution in [0.2, 0.25) is 0 Å². The second kappa shape index (κ2) is 7.72. The smallest absolute Gasteiger partial charge is 0.243 e. The van der Waals surface area contributed by atoms with Crippen LogP contribution in [0.15, 0.2) is 48.5 Å². The average molecular weight is 383 g/mol. The van der Waals surface area contributed by atoms with Crippen molar-refractivity contribution in [3.05, 3.63) is 65.7 Å². The molecule has 0 spiro atoms. The number of carbonyl (C=O) groups is 1. The predicted molar refractivity (Wildman–Crippen MR) is 107 cm³/mol. The number of nitrogens with zero attached hydrogens (tertiary/aromatic N) is 3. The van der Waals surface area contributed by atoms with Gasteiger partial charge in [0, 0.05) is 6.54 Å². The number of hydrogen-bond acceptors (Lipinski definition) is 3. The Labute approximate surface area is 162 Å². The summed E-state index contributed by atoms with van der Waals surface area (Å²) in [6.07, 6.45) is 3.92. The maximum atomic E-state index is 13.3. The zero-order chi connectivity index (χ0) is 18.8. The molecule has 4 nitrogen and oxygen atoms in total. The topological polar surface area (TPSA) is 38.1 Å². The van der Waals surface area contributed by atoms with Gasteiger partial charge >= 0.3 is 0 Å². The highest BCUT2D eigenvalue weighted by atomic mass is 32.2. The molecule has 2 heterocycles. The molecule has 0 aliphatic carbocycles. The van der Waals surface area contributed by atoms with E-state index in [1.807, 2.05) is 40.0 Å². The Balaban J connectivity index is 1.61. The second-order valence-corrected chi connectivity index (χ2v) is 7.70. The number of imidazole rings is 1. The molecule has 1 fully saturated rings. The fourth-order valence-corrected chi connectivity index (χ4v) is 4.34. The third-order valence-electron chi connectivity index (χ3n) is 5.13. The van der Waals surface area contributed by atoms with E-state index in [0.29, 0.717) is 0 Å². The lowest BCUT2D eigenvalue weighted by molar-refractivity contribution is -0.132. The van der Waals surface area contributed by atoms with E-state index < -0.39 is 0 Å². The number of amides is 1. The van der Waals surface area contributed by atoms with Gasteiger partial charge < -0.3 is 9.47 Å². The predicted octanol–water partition coefficient (Wildman–Crippen LogP) is 4.40. The number of fused-ring (bicyclic) bond motifs is 1. The summed E-state index contributed by atoms with van der Waals surface area (Å²) in [6.45, 7) is 1.03. The number of hydrogen-bond donors (Lipinski definition) is 0. The summed E-state index contributed by atoms with van der Waals surface area (Å²) in [5.41, 5.74) is 2.92. The first-order chi connectivity index (χ1) is 13.2. The van der Waals surface area contributed by atoms with E-state index in [2.05, 4.69) is 0 Å². The van der Waals surface area contributed by atoms with E-state index in [1.165, 1.54) is 12.1 Å². The minimum absolute atomic E-state index is 0.0249. The molecule has 0 bridgehead atoms. The molecule has 1 amide bonds. The van der Waals surface area contributed by atoms with Crippen LogP contribution in [0.1, 0.15) is 30.3 Å². The summed E-state index contributed by atoms with van der Waals surface area (Å²) in [5.74, 6) is 1.53. The number of para-hydroxylation sites is 2. The maximum Gasteiger partial charge on any atom is 0.243 e. The number of likely N-dealkylation sites (tertiary alicyclic amines) is 1. The van der Waals surface area contributed by atoms with Crippen LogP contribution in [0.4, 0.5) is 4.39 Å². The number of aromatic nitrogens is 2. The SMILES string of the molecule is CSCc1nc2ccccc2n1CC(=O)N1CCCC1c1ccc(F)cc1. The van der Waals surface area contributed by atoms with Crippen molar-refractivity contribution in [2.24, 2.45) is 0 Å². The molecule has 27 heavy (non-hydrogen) atoms. The monoisotopic (exact) mass is 383 g/mol. The fourth-order valence-electron chi connectivity index (χ4n) is 3.86. The molecule has 3 aromatic rings. The van der Waals surface area contributed by atoms with Crippen molar-refractivity contribution in [1.82, 2.24) is 14.5 Å². The fraction of sp³-hybridized carbons (Fsp3) is 0.333. The van der Waals surface area contributed by atoms with E-state index in [-0.39, 0.29) is 24.3 Å². The van der Waals surface area contributed by atoms with Crippen molar-refractivity contribution >= 4 is 28.7 Å². The molecule has 0 saturated carbocycles. The van der Waals surface area contributed by atoms with E-state index in [1.54, 1.807) is 23.9 Å². The normalized spacial score (nSPS) is 17.0. The van der Waals surface area contributed by atoms with Gasteiger partial charge in [0.05, 0.1) is 22.8 Å². The van der Waals surface area contributed by atoms with Crippen LogP contribution in [0.3, 0.4) is 0 Å². The zero-order valence-electron chi connectivity index (χ0n) is 15.3. The van der Waals surface area contributed by atoms with Crippen molar-refractivity contribution < 1.29 is 9.18 Å². The minimum atomic E-state index is -0.249. The summed E-state index contributed by atoms with van der Waals surface area (Å²) in [5, 5.41) is 0. The van der Waals surface area contributed by atoms with Gasteiger partial charge in [-0.25, -0.2) is 9.37 Å². The third-order valence-corrected chi connectivity index (χ3v) is 5.68. The van der Waals surface area contributed by atoms with Crippen LogP contribution >= 0.6 is 11.8 Å². The quantitative estimate of drug-likeness (QED) is 0.655. The minimum Gasteiger partial charge on any atom is -0.334 e. The first-order valence-corrected chi connectivity index (χ1v) is 10.5. The number of rotatable bonds is 5. The average Bonchev–Trinajstić information content (AvgIpc) is 3.28. The second-order valence-electron chi connectivity index (χ2n) is 6.83. The highest BCUT2D eigenvalue weighted by molar-refractivity contribution is 7.97. The van der Waals surface area contributed by atoms with E-state index in [4.69, 9.17) is 4.98 Å². The molecule has 0 radical (unpaired) electrons. The van der Waals surface area contributed by atoms with Crippen LogP contribution in [-0.2, 0) is 17.1 Å². The van der Waals surface area contributed by atoms with Crippen molar-refractivity contribution in [3.63, 3.8) is 0 Å². The van der Waals surface area contributed by atoms with Gasteiger partial charge in [-0.05, 0) is 48.9 Å². The number of halogens is 1. The van der Waals surface area contributed by atoms with Crippen molar-refractivity contribution in [2.45, 2.75) is 31.2 Å². The van der Waals surface area contributed by atoms with Crippen LogP contribution in [0.25, 0.3) is 11.0 Å². The molecule has 1 saturated heterocycles. The lowest BCUT2D eigenvalue weighted by Gasteiger charge is -2.26. The molecule has 0 N–H and O–H groups in total. The molecule has 140 valence electrons. The number of carbonyl (C=O) groups excluding carboxylic acids is 1. The highest BCUT2D eigenvalue weighted by Gasteiger charge is 2.30. The molecule has 1 unspecified atom stereocenters. The maximum absolute atomic E-state index is 13.3. The third kappa shape index (κ3) is 3.58. The molecule has 2 aromatic carbocycles. The van der Waals surface area contributed by atoms with Crippen molar-refractivity contribution in [1.29, 1.82) is 0 Å². The Kier molecular flexibility index (Phi) is 5.16. The molecule has 4 rings (SSSR count). The summed E-state index contributed by atoms with van der Waals surface area (Å²) in [7, 11) is 0. The Morgan fingerprint density at radius 1 is 1.22 bits per heavy atom. The molecule has 1 aromatic heterocycles. The summed E-state index contributed by atoms with van der Waals surface area (Å²) < 4.78 is 15.3. The Hall–Kier alpha value is -2.34. The lowest BCUT2D eigenvalue weighted by atomic mass is 10.0. The van der Waals surface area contributed by atoms with E-state index >= 15 is 0 Å². The number of benzene rings is 2. The first-order valence-electron chi connectivity index (χ1n) is 9.15. The first kappa shape index (κ1) is 18.0. The molecule has 1 aliphatic heterocycles. The number of thioether (sulfide) groups is 1. The van der Waals surface area contributed by atoms with Crippen LogP contribution in [0.5, 0.6) is 0 Å². The Morgan fingerprint density at radius 2 is 2.00 bits per heavy atom. The van der Waals surface area contributed by atoms with Crippen LogP contribution in [-0.4, -0.2) is 33.2 Å². The summed E-state index contributed by atoms with van der Waals surface area (Å²) in [4.78, 5) is 19.8. The van der Waals surface area contributed by atoms with Crippen LogP contribution in [0, 0.1) is 5.82 Å². The van der Waals surface area contributed by atoms with E-state index in [9.17, 15) is 9.18 Å². The molecule has 6 heteroatoms. The molecule has 1 atom stereocenters. The van der Waals surface area contributed by atoms with Gasteiger partial charge in [0.15, 0.2) is 0 Å². The van der Waals surface area contributed by atoms with Gasteiger partial charge in [0.1, 0.15) is 18.2 Å². The lowest BCUT2D eigenvalue weighted by Crippen LogP contribution is -2.33. The van der Waals surface area contributed by atoms with Gasteiger partial charge in [0.2, 0.25) is 5.91 Å². The van der Waals surface area contributed by atoms with Gasteiger partial charge in [-0.3, -0.25) is 4.79 Å². The van der Waals surface area contributed by atoms with Gasteiger partial charge in [-0.2, -0.15) is 11.8 Å². The highest BCUT2D eigenvalue weighted by Crippen LogP contribution is 2.32. The zero-order valence-corrected chi connectivity index (χ0v) is 16.1. The van der Waals surface area contributed by atoms with Gasteiger partial charge in [-0.1, -0.05) is 24.3 Å².